The summed E-state index contributed by atoms with van der Waals surface area (Å²) in [5, 5.41) is 0. The van der Waals surface area contributed by atoms with E-state index in [1.54, 1.807) is 12.4 Å². The van der Waals surface area contributed by atoms with Crippen molar-refractivity contribution in [2.75, 3.05) is 18.0 Å². The van der Waals surface area contributed by atoms with Gasteiger partial charge in [0.05, 0.1) is 6.04 Å². The lowest BCUT2D eigenvalue weighted by Gasteiger charge is -2.37. The molecule has 0 saturated carbocycles. The van der Waals surface area contributed by atoms with Gasteiger partial charge in [-0.15, -0.1) is 0 Å². The summed E-state index contributed by atoms with van der Waals surface area (Å²) in [6.45, 7) is 4.35. The summed E-state index contributed by atoms with van der Waals surface area (Å²) >= 11 is 0. The van der Waals surface area contributed by atoms with Gasteiger partial charge in [0.2, 0.25) is 5.91 Å². The van der Waals surface area contributed by atoms with Crippen LogP contribution in [0.1, 0.15) is 47.3 Å². The Morgan fingerprint density at radius 2 is 1.69 bits per heavy atom. The molecule has 3 aromatic rings. The van der Waals surface area contributed by atoms with E-state index in [1.165, 1.54) is 0 Å². The number of carbonyl (C=O) groups is 2. The molecule has 1 aliphatic heterocycles. The maximum atomic E-state index is 13.7. The number of piperidine rings is 1. The molecule has 0 bridgehead atoms. The number of aldehydes is 1. The molecule has 5 heteroatoms. The Morgan fingerprint density at radius 1 is 1.03 bits per heavy atom. The summed E-state index contributed by atoms with van der Waals surface area (Å²) < 4.78 is 0. The molecule has 0 unspecified atom stereocenters. The minimum Gasteiger partial charge on any atom is -0.371 e. The van der Waals surface area contributed by atoms with E-state index in [1.807, 2.05) is 59.5 Å². The van der Waals surface area contributed by atoms with Gasteiger partial charge in [-0.3, -0.25) is 14.6 Å². The van der Waals surface area contributed by atoms with Crippen LogP contribution >= 0.6 is 0 Å². The molecule has 32 heavy (non-hydrogen) atoms. The van der Waals surface area contributed by atoms with Gasteiger partial charge >= 0.3 is 0 Å². The fraction of sp³-hybridized carbons (Fsp3) is 0.296. The molecule has 0 radical (unpaired) electrons. The van der Waals surface area contributed by atoms with Crippen molar-refractivity contribution < 1.29 is 9.59 Å². The predicted molar refractivity (Wildman–Crippen MR) is 126 cm³/mol. The molecule has 0 spiro atoms. The molecule has 2 aromatic carbocycles. The first-order valence-corrected chi connectivity index (χ1v) is 11.2. The minimum absolute atomic E-state index is 0.00787. The van der Waals surface area contributed by atoms with Gasteiger partial charge in [0.25, 0.3) is 0 Å². The number of nitrogens with zero attached hydrogens (tertiary/aromatic N) is 3. The number of hydrogen-bond acceptors (Lipinski definition) is 4. The van der Waals surface area contributed by atoms with Crippen molar-refractivity contribution in [1.82, 2.24) is 9.88 Å². The van der Waals surface area contributed by atoms with Crippen molar-refractivity contribution in [2.24, 2.45) is 5.92 Å². The zero-order chi connectivity index (χ0) is 22.3. The molecule has 0 N–H and O–H groups in total. The van der Waals surface area contributed by atoms with E-state index < -0.39 is 0 Å². The first kappa shape index (κ1) is 21.8. The van der Waals surface area contributed by atoms with Crippen molar-refractivity contribution in [3.05, 3.63) is 95.8 Å². The van der Waals surface area contributed by atoms with Gasteiger partial charge in [-0.25, -0.2) is 0 Å². The highest BCUT2D eigenvalue weighted by Crippen LogP contribution is 2.29. The number of hydrogen-bond donors (Lipinski definition) is 0. The van der Waals surface area contributed by atoms with Gasteiger partial charge in [-0.1, -0.05) is 30.3 Å². The van der Waals surface area contributed by atoms with Crippen LogP contribution in [0.3, 0.4) is 0 Å². The average molecular weight is 428 g/mol. The zero-order valence-corrected chi connectivity index (χ0v) is 18.4. The third-order valence-corrected chi connectivity index (χ3v) is 6.37. The van der Waals surface area contributed by atoms with E-state index in [0.29, 0.717) is 12.1 Å². The largest absolute Gasteiger partial charge is 0.371 e. The van der Waals surface area contributed by atoms with Gasteiger partial charge in [0, 0.05) is 49.2 Å². The lowest BCUT2D eigenvalue weighted by molar-refractivity contribution is -0.139. The Labute approximate surface area is 189 Å². The van der Waals surface area contributed by atoms with Crippen LogP contribution in [0, 0.1) is 5.92 Å². The Kier molecular flexibility index (Phi) is 6.95. The fourth-order valence-electron chi connectivity index (χ4n) is 4.38. The van der Waals surface area contributed by atoms with Gasteiger partial charge in [0.1, 0.15) is 6.29 Å². The number of rotatable bonds is 7. The van der Waals surface area contributed by atoms with Gasteiger partial charge in [-0.2, -0.15) is 0 Å². The monoisotopic (exact) mass is 427 g/mol. The van der Waals surface area contributed by atoms with Gasteiger partial charge in [0.15, 0.2) is 0 Å². The molecule has 2 heterocycles. The number of aromatic nitrogens is 1. The summed E-state index contributed by atoms with van der Waals surface area (Å²) in [6.07, 6.45) is 6.06. The average Bonchev–Trinajstić information content (AvgIpc) is 2.88. The normalized spacial score (nSPS) is 15.2. The number of amides is 1. The third-order valence-electron chi connectivity index (χ3n) is 6.37. The molecule has 5 nitrogen and oxygen atoms in total. The standard InChI is InChI=1S/C27H29N3O2/c1-21(24-5-3-2-4-6-24)30(19-22-11-15-28-16-12-22)27(32)25-13-17-29(18-14-25)26-9-7-23(20-31)8-10-26/h2-12,15-16,20-21,25H,13-14,17-19H2,1H3/t21-/m0/s1. The molecule has 164 valence electrons. The minimum atomic E-state index is -0.00854. The molecule has 0 aliphatic carbocycles. The second-order valence-corrected chi connectivity index (χ2v) is 8.38. The van der Waals surface area contributed by atoms with Crippen LogP contribution in [0.15, 0.2) is 79.1 Å². The summed E-state index contributed by atoms with van der Waals surface area (Å²) in [5.41, 5.74) is 4.01. The van der Waals surface area contributed by atoms with Crippen LogP contribution in [-0.2, 0) is 11.3 Å². The Balaban J connectivity index is 1.47. The molecule has 1 aromatic heterocycles. The first-order valence-electron chi connectivity index (χ1n) is 11.2. The predicted octanol–water partition coefficient (Wildman–Crippen LogP) is 4.90. The number of anilines is 1. The summed E-state index contributed by atoms with van der Waals surface area (Å²) in [5.74, 6) is 0.225. The third kappa shape index (κ3) is 5.05. The molecule has 1 atom stereocenters. The van der Waals surface area contributed by atoms with E-state index in [0.717, 1.165) is 49.0 Å². The second-order valence-electron chi connectivity index (χ2n) is 8.38. The summed E-state index contributed by atoms with van der Waals surface area (Å²) in [6, 6.07) is 21.8. The van der Waals surface area contributed by atoms with Crippen LogP contribution in [0.4, 0.5) is 5.69 Å². The highest BCUT2D eigenvalue weighted by Gasteiger charge is 2.31. The molecule has 1 amide bonds. The van der Waals surface area contributed by atoms with E-state index in [2.05, 4.69) is 28.9 Å². The molecule has 4 rings (SSSR count). The second kappa shape index (κ2) is 10.2. The topological polar surface area (TPSA) is 53.5 Å². The van der Waals surface area contributed by atoms with Gasteiger partial charge < -0.3 is 9.80 Å². The van der Waals surface area contributed by atoms with Crippen molar-refractivity contribution in [3.8, 4) is 0 Å². The van der Waals surface area contributed by atoms with E-state index in [-0.39, 0.29) is 17.9 Å². The number of carbonyl (C=O) groups excluding carboxylic acids is 2. The van der Waals surface area contributed by atoms with Crippen LogP contribution < -0.4 is 4.90 Å². The Hall–Kier alpha value is -3.47. The van der Waals surface area contributed by atoms with Crippen LogP contribution in [0.5, 0.6) is 0 Å². The first-order chi connectivity index (χ1) is 15.7. The SMILES string of the molecule is C[C@@H](c1ccccc1)N(Cc1ccncc1)C(=O)C1CCN(c2ccc(C=O)cc2)CC1. The maximum absolute atomic E-state index is 13.7. The lowest BCUT2D eigenvalue weighted by Crippen LogP contribution is -2.43. The fourth-order valence-corrected chi connectivity index (χ4v) is 4.38. The molecule has 1 fully saturated rings. The Bertz CT molecular complexity index is 1010. The zero-order valence-electron chi connectivity index (χ0n) is 18.4. The highest BCUT2D eigenvalue weighted by molar-refractivity contribution is 5.80. The van der Waals surface area contributed by atoms with Crippen molar-refractivity contribution in [1.29, 1.82) is 0 Å². The number of pyridine rings is 1. The van der Waals surface area contributed by atoms with Crippen molar-refractivity contribution >= 4 is 17.9 Å². The van der Waals surface area contributed by atoms with Crippen LogP contribution in [-0.4, -0.2) is 35.2 Å². The quantitative estimate of drug-likeness (QED) is 0.503. The van der Waals surface area contributed by atoms with Gasteiger partial charge in [-0.05, 0) is 67.3 Å². The van der Waals surface area contributed by atoms with Crippen molar-refractivity contribution in [2.45, 2.75) is 32.4 Å². The van der Waals surface area contributed by atoms with Crippen molar-refractivity contribution in [3.63, 3.8) is 0 Å². The molecule has 1 saturated heterocycles. The van der Waals surface area contributed by atoms with E-state index in [4.69, 9.17) is 0 Å². The summed E-state index contributed by atoms with van der Waals surface area (Å²) in [4.78, 5) is 33.0. The van der Waals surface area contributed by atoms with Crippen LogP contribution in [0.2, 0.25) is 0 Å². The van der Waals surface area contributed by atoms with E-state index in [9.17, 15) is 9.59 Å². The molecular weight excluding hydrogens is 398 g/mol. The van der Waals surface area contributed by atoms with Crippen LogP contribution in [0.25, 0.3) is 0 Å². The molecule has 1 aliphatic rings. The maximum Gasteiger partial charge on any atom is 0.226 e. The highest BCUT2D eigenvalue weighted by atomic mass is 16.2. The molecular formula is C27H29N3O2. The summed E-state index contributed by atoms with van der Waals surface area (Å²) in [7, 11) is 0. The smallest absolute Gasteiger partial charge is 0.226 e. The van der Waals surface area contributed by atoms with E-state index >= 15 is 0 Å². The lowest BCUT2D eigenvalue weighted by atomic mass is 9.93. The Morgan fingerprint density at radius 3 is 2.31 bits per heavy atom. The number of benzene rings is 2.